The molecular weight excluding hydrogens is 600 g/mol. The van der Waals surface area contributed by atoms with E-state index in [4.69, 9.17) is 0 Å². The minimum Gasteiger partial charge on any atom is -0.218 e. The second kappa shape index (κ2) is 8.28. The van der Waals surface area contributed by atoms with Gasteiger partial charge in [0.2, 0.25) is 0 Å². The first kappa shape index (κ1) is 34.1. The fraction of sp³-hybridized carbons (Fsp3) is 0.833. The standard InChI is InChI=1S/C12F24/c13-3(7(19,20)21,8(22,23)24)1(4(14,9(25,26)27)10(28,29)30)2(6(16,17)18)5(15,11(31,32)33)12(34,35)36. The molecule has 0 N–H and O–H groups in total. The predicted octanol–water partition coefficient (Wildman–Crippen LogP) is 8.34. The minimum atomic E-state index is -9.33. The van der Waals surface area contributed by atoms with Gasteiger partial charge in [-0.2, -0.15) is 92.2 Å². The molecule has 0 amide bonds. The average Bonchev–Trinajstić information content (AvgIpc) is 2.50. The zero-order valence-corrected chi connectivity index (χ0v) is 15.1. The van der Waals surface area contributed by atoms with Crippen LogP contribution in [0.4, 0.5) is 105 Å². The number of halogens is 24. The van der Waals surface area contributed by atoms with Crippen LogP contribution in [0, 0.1) is 0 Å². The third-order valence-electron chi connectivity index (χ3n) is 3.91. The Balaban J connectivity index is 9.35. The molecule has 0 aromatic carbocycles. The first-order valence-corrected chi connectivity index (χ1v) is 7.29. The molecule has 0 aromatic heterocycles. The maximum absolute atomic E-state index is 14.2. The van der Waals surface area contributed by atoms with E-state index < -0.39 is 71.4 Å². The number of hydrogen-bond acceptors (Lipinski definition) is 0. The van der Waals surface area contributed by atoms with Crippen LogP contribution in [0.2, 0.25) is 0 Å². The summed E-state index contributed by atoms with van der Waals surface area (Å²) in [5.41, 5.74) is -41.7. The van der Waals surface area contributed by atoms with Gasteiger partial charge < -0.3 is 0 Å². The van der Waals surface area contributed by atoms with Gasteiger partial charge >= 0.3 is 60.2 Å². The maximum Gasteiger partial charge on any atom is 0.435 e. The first-order chi connectivity index (χ1) is 15.0. The molecule has 0 aromatic rings. The maximum atomic E-state index is 14.2. The van der Waals surface area contributed by atoms with Crippen molar-refractivity contribution < 1.29 is 105 Å². The van der Waals surface area contributed by atoms with E-state index in [1.807, 2.05) is 0 Å². The molecule has 0 spiro atoms. The molecule has 0 bridgehead atoms. The summed E-state index contributed by atoms with van der Waals surface area (Å²) >= 11 is 0. The van der Waals surface area contributed by atoms with E-state index in [9.17, 15) is 105 Å². The lowest BCUT2D eigenvalue weighted by Crippen LogP contribution is -2.69. The Morgan fingerprint density at radius 3 is 0.472 bits per heavy atom. The second-order valence-electron chi connectivity index (χ2n) is 6.21. The van der Waals surface area contributed by atoms with Gasteiger partial charge in [0.1, 0.15) is 0 Å². The molecule has 0 rings (SSSR count). The van der Waals surface area contributed by atoms with Crippen LogP contribution in [-0.4, -0.2) is 60.2 Å². The summed E-state index contributed by atoms with van der Waals surface area (Å²) in [6.07, 6.45) is -61.8. The van der Waals surface area contributed by atoms with E-state index >= 15 is 0 Å². The SMILES string of the molecule is FC(F)(F)C(=C(C(F)(C(F)(F)F)C(F)(F)F)C(F)(C(F)(F)F)C(F)(F)F)C(F)(C(F)(F)F)C(F)(F)F. The molecule has 0 nitrogen and oxygen atoms in total. The Morgan fingerprint density at radius 2 is 0.361 bits per heavy atom. The molecular formula is C12F24. The first-order valence-electron chi connectivity index (χ1n) is 7.29. The van der Waals surface area contributed by atoms with Crippen LogP contribution < -0.4 is 0 Å². The topological polar surface area (TPSA) is 0 Å². The van der Waals surface area contributed by atoms with Crippen LogP contribution in [0.25, 0.3) is 0 Å². The summed E-state index contributed by atoms with van der Waals surface area (Å²) in [7, 11) is 0. The zero-order chi connectivity index (χ0) is 30.2. The largest absolute Gasteiger partial charge is 0.435 e. The van der Waals surface area contributed by atoms with Crippen molar-refractivity contribution in [1.29, 1.82) is 0 Å². The van der Waals surface area contributed by atoms with Crippen molar-refractivity contribution in [3.8, 4) is 0 Å². The monoisotopic (exact) mass is 600 g/mol. The molecule has 0 saturated heterocycles. The van der Waals surface area contributed by atoms with E-state index in [1.165, 1.54) is 0 Å². The van der Waals surface area contributed by atoms with Crippen LogP contribution in [0.15, 0.2) is 11.1 Å². The minimum absolute atomic E-state index is 6.86. The summed E-state index contributed by atoms with van der Waals surface area (Å²) in [5.74, 6) is 0. The number of hydrogen-bond donors (Lipinski definition) is 0. The van der Waals surface area contributed by atoms with Crippen LogP contribution >= 0.6 is 0 Å². The van der Waals surface area contributed by atoms with E-state index in [1.54, 1.807) is 0 Å². The van der Waals surface area contributed by atoms with Crippen molar-refractivity contribution in [2.75, 3.05) is 0 Å². The number of allylic oxidation sites excluding steroid dienone is 2. The highest BCUT2D eigenvalue weighted by Gasteiger charge is 2.90. The molecule has 24 heteroatoms. The summed E-state index contributed by atoms with van der Waals surface area (Å²) < 4.78 is 311. The van der Waals surface area contributed by atoms with E-state index in [0.717, 1.165) is 0 Å². The molecule has 0 fully saturated rings. The summed E-state index contributed by atoms with van der Waals surface area (Å²) in [6.45, 7) is 0. The molecule has 0 saturated carbocycles. The fourth-order valence-corrected chi connectivity index (χ4v) is 2.42. The van der Waals surface area contributed by atoms with Gasteiger partial charge in [0.15, 0.2) is 0 Å². The quantitative estimate of drug-likeness (QED) is 0.226. The molecule has 0 atom stereocenters. The van der Waals surface area contributed by atoms with E-state index in [2.05, 4.69) is 0 Å². The van der Waals surface area contributed by atoms with Crippen molar-refractivity contribution in [1.82, 2.24) is 0 Å². The predicted molar refractivity (Wildman–Crippen MR) is 60.9 cm³/mol. The molecule has 0 aliphatic carbocycles. The van der Waals surface area contributed by atoms with E-state index in [-0.39, 0.29) is 0 Å². The Bertz CT molecular complexity index is 744. The van der Waals surface area contributed by atoms with Crippen molar-refractivity contribution in [3.05, 3.63) is 11.1 Å². The summed E-state index contributed by atoms with van der Waals surface area (Å²) in [5, 5.41) is 0. The van der Waals surface area contributed by atoms with Crippen LogP contribution in [0.5, 0.6) is 0 Å². The van der Waals surface area contributed by atoms with Crippen molar-refractivity contribution in [2.45, 2.75) is 60.2 Å². The van der Waals surface area contributed by atoms with Gasteiger partial charge in [0.25, 0.3) is 0 Å². The molecule has 0 heterocycles. The summed E-state index contributed by atoms with van der Waals surface area (Å²) in [6, 6.07) is 0. The van der Waals surface area contributed by atoms with Crippen molar-refractivity contribution in [2.24, 2.45) is 0 Å². The lowest BCUT2D eigenvalue weighted by Gasteiger charge is -2.44. The highest BCUT2D eigenvalue weighted by molar-refractivity contribution is 5.47. The third kappa shape index (κ3) is 4.83. The highest BCUT2D eigenvalue weighted by Crippen LogP contribution is 2.66. The van der Waals surface area contributed by atoms with Gasteiger partial charge in [-0.25, -0.2) is 13.2 Å². The van der Waals surface area contributed by atoms with Gasteiger partial charge in [-0.05, 0) is 0 Å². The number of alkyl halides is 24. The van der Waals surface area contributed by atoms with Crippen LogP contribution in [0.3, 0.4) is 0 Å². The Kier molecular flexibility index (Phi) is 7.83. The Hall–Kier alpha value is -1.94. The third-order valence-corrected chi connectivity index (χ3v) is 3.91. The Labute approximate surface area is 178 Å². The highest BCUT2D eigenvalue weighted by atomic mass is 19.5. The van der Waals surface area contributed by atoms with E-state index in [0.29, 0.717) is 0 Å². The van der Waals surface area contributed by atoms with Crippen LogP contribution in [-0.2, 0) is 0 Å². The average molecular weight is 600 g/mol. The van der Waals surface area contributed by atoms with Gasteiger partial charge in [-0.3, -0.25) is 0 Å². The Morgan fingerprint density at radius 1 is 0.222 bits per heavy atom. The molecule has 0 radical (unpaired) electrons. The number of rotatable bonds is 3. The lowest BCUT2D eigenvalue weighted by atomic mass is 9.73. The molecule has 0 aliphatic rings. The van der Waals surface area contributed by atoms with Crippen molar-refractivity contribution in [3.63, 3.8) is 0 Å². The lowest BCUT2D eigenvalue weighted by molar-refractivity contribution is -0.371. The second-order valence-corrected chi connectivity index (χ2v) is 6.21. The van der Waals surface area contributed by atoms with Crippen LogP contribution in [0.1, 0.15) is 0 Å². The fourth-order valence-electron chi connectivity index (χ4n) is 2.42. The van der Waals surface area contributed by atoms with Gasteiger partial charge in [0.05, 0.1) is 11.1 Å². The molecule has 216 valence electrons. The summed E-state index contributed by atoms with van der Waals surface area (Å²) in [4.78, 5) is 0. The van der Waals surface area contributed by atoms with Gasteiger partial charge in [-0.15, -0.1) is 0 Å². The molecule has 0 aliphatic heterocycles. The molecule has 36 heavy (non-hydrogen) atoms. The smallest absolute Gasteiger partial charge is 0.218 e. The van der Waals surface area contributed by atoms with Gasteiger partial charge in [0, 0.05) is 0 Å². The zero-order valence-electron chi connectivity index (χ0n) is 15.1. The van der Waals surface area contributed by atoms with Gasteiger partial charge in [-0.1, -0.05) is 0 Å². The normalized spacial score (nSPS) is 16.3. The van der Waals surface area contributed by atoms with Crippen molar-refractivity contribution >= 4 is 0 Å². The molecule has 0 unspecified atom stereocenters.